The van der Waals surface area contributed by atoms with E-state index in [1.54, 1.807) is 11.8 Å². The number of ether oxygens (including phenoxy) is 1. The Balaban J connectivity index is 2.17. The van der Waals surface area contributed by atoms with Crippen LogP contribution in [0.4, 0.5) is 0 Å². The number of nitriles is 1. The lowest BCUT2D eigenvalue weighted by atomic mass is 10.0. The van der Waals surface area contributed by atoms with Crippen LogP contribution in [0.2, 0.25) is 0 Å². The van der Waals surface area contributed by atoms with Gasteiger partial charge in [-0.25, -0.2) is 4.68 Å². The molecule has 0 atom stereocenters. The fourth-order valence-electron chi connectivity index (χ4n) is 2.41. The Kier molecular flexibility index (Phi) is 3.82. The van der Waals surface area contributed by atoms with Crippen molar-refractivity contribution in [2.45, 2.75) is 13.8 Å². The summed E-state index contributed by atoms with van der Waals surface area (Å²) in [5, 5.41) is 17.5. The van der Waals surface area contributed by atoms with Gasteiger partial charge < -0.3 is 4.74 Å². The molecule has 114 valence electrons. The molecule has 0 spiro atoms. The van der Waals surface area contributed by atoms with Crippen molar-refractivity contribution in [2.24, 2.45) is 0 Å². The molecule has 1 heterocycles. The third-order valence-electron chi connectivity index (χ3n) is 3.87. The van der Waals surface area contributed by atoms with Gasteiger partial charge in [0.2, 0.25) is 0 Å². The van der Waals surface area contributed by atoms with Crippen molar-refractivity contribution in [3.05, 3.63) is 59.3 Å². The summed E-state index contributed by atoms with van der Waals surface area (Å²) in [6.45, 7) is 4.11. The van der Waals surface area contributed by atoms with E-state index in [9.17, 15) is 5.26 Å². The number of hydrogen-bond donors (Lipinski definition) is 0. The minimum atomic E-state index is 0.309. The maximum absolute atomic E-state index is 9.36. The minimum absolute atomic E-state index is 0.309. The second kappa shape index (κ2) is 5.93. The van der Waals surface area contributed by atoms with Gasteiger partial charge in [-0.2, -0.15) is 5.26 Å². The first-order valence-corrected chi connectivity index (χ1v) is 7.22. The molecule has 23 heavy (non-hydrogen) atoms. The van der Waals surface area contributed by atoms with Gasteiger partial charge in [0.15, 0.2) is 5.69 Å². The van der Waals surface area contributed by atoms with Crippen LogP contribution in [0.25, 0.3) is 16.9 Å². The molecule has 3 aromatic rings. The smallest absolute Gasteiger partial charge is 0.191 e. The Morgan fingerprint density at radius 3 is 2.39 bits per heavy atom. The zero-order valence-electron chi connectivity index (χ0n) is 13.2. The molecule has 0 amide bonds. The summed E-state index contributed by atoms with van der Waals surface area (Å²) >= 11 is 0. The highest BCUT2D eigenvalue weighted by Crippen LogP contribution is 2.27. The molecular formula is C18H16N4O. The first-order chi connectivity index (χ1) is 11.1. The SMILES string of the molecule is COc1ccc(-n2nnc(C#N)c2-c2ccc(C)c(C)c2)cc1. The molecule has 2 aromatic carbocycles. The molecular weight excluding hydrogens is 288 g/mol. The van der Waals surface area contributed by atoms with Crippen LogP contribution in [0, 0.1) is 25.2 Å². The molecule has 0 fully saturated rings. The summed E-state index contributed by atoms with van der Waals surface area (Å²) in [6, 6.07) is 15.7. The predicted octanol–water partition coefficient (Wildman–Crippen LogP) is 3.43. The van der Waals surface area contributed by atoms with E-state index in [2.05, 4.69) is 29.4 Å². The van der Waals surface area contributed by atoms with Crippen LogP contribution < -0.4 is 4.74 Å². The van der Waals surface area contributed by atoms with Crippen molar-refractivity contribution in [1.29, 1.82) is 5.26 Å². The highest BCUT2D eigenvalue weighted by atomic mass is 16.5. The molecule has 0 bridgehead atoms. The summed E-state index contributed by atoms with van der Waals surface area (Å²) in [4.78, 5) is 0. The molecule has 0 aliphatic rings. The molecule has 1 aromatic heterocycles. The Morgan fingerprint density at radius 2 is 1.78 bits per heavy atom. The van der Waals surface area contributed by atoms with E-state index < -0.39 is 0 Å². The Bertz CT molecular complexity index is 888. The van der Waals surface area contributed by atoms with Crippen molar-refractivity contribution in [3.8, 4) is 28.8 Å². The first-order valence-electron chi connectivity index (χ1n) is 7.22. The number of aryl methyl sites for hydroxylation is 2. The van der Waals surface area contributed by atoms with Gasteiger partial charge in [-0.15, -0.1) is 5.10 Å². The zero-order valence-corrected chi connectivity index (χ0v) is 13.2. The third kappa shape index (κ3) is 2.67. The molecule has 3 rings (SSSR count). The number of aromatic nitrogens is 3. The highest BCUT2D eigenvalue weighted by Gasteiger charge is 2.16. The average Bonchev–Trinajstić information content (AvgIpc) is 3.01. The molecule has 0 unspecified atom stereocenters. The van der Waals surface area contributed by atoms with E-state index in [0.29, 0.717) is 11.4 Å². The Morgan fingerprint density at radius 1 is 1.04 bits per heavy atom. The van der Waals surface area contributed by atoms with Crippen LogP contribution in [0.15, 0.2) is 42.5 Å². The molecule has 0 saturated carbocycles. The minimum Gasteiger partial charge on any atom is -0.497 e. The van der Waals surface area contributed by atoms with Gasteiger partial charge in [-0.1, -0.05) is 17.3 Å². The molecule has 0 N–H and O–H groups in total. The highest BCUT2D eigenvalue weighted by molar-refractivity contribution is 5.68. The molecule has 0 saturated heterocycles. The lowest BCUT2D eigenvalue weighted by molar-refractivity contribution is 0.414. The van der Waals surface area contributed by atoms with Crippen LogP contribution in [0.3, 0.4) is 0 Å². The summed E-state index contributed by atoms with van der Waals surface area (Å²) in [5.41, 5.74) is 5.12. The van der Waals surface area contributed by atoms with E-state index in [-0.39, 0.29) is 0 Å². The van der Waals surface area contributed by atoms with E-state index in [0.717, 1.165) is 22.6 Å². The van der Waals surface area contributed by atoms with Gasteiger partial charge in [-0.3, -0.25) is 0 Å². The number of hydrogen-bond acceptors (Lipinski definition) is 4. The zero-order chi connectivity index (χ0) is 16.4. The van der Waals surface area contributed by atoms with E-state index in [4.69, 9.17) is 4.74 Å². The summed E-state index contributed by atoms with van der Waals surface area (Å²) in [5.74, 6) is 0.766. The first kappa shape index (κ1) is 14.8. The van der Waals surface area contributed by atoms with E-state index >= 15 is 0 Å². The van der Waals surface area contributed by atoms with Gasteiger partial charge in [-0.05, 0) is 55.3 Å². The van der Waals surface area contributed by atoms with Crippen LogP contribution in [-0.4, -0.2) is 22.1 Å². The van der Waals surface area contributed by atoms with Crippen molar-refractivity contribution < 1.29 is 4.74 Å². The van der Waals surface area contributed by atoms with Gasteiger partial charge in [0.25, 0.3) is 0 Å². The summed E-state index contributed by atoms with van der Waals surface area (Å²) in [6.07, 6.45) is 0. The third-order valence-corrected chi connectivity index (χ3v) is 3.87. The maximum Gasteiger partial charge on any atom is 0.191 e. The quantitative estimate of drug-likeness (QED) is 0.743. The van der Waals surface area contributed by atoms with E-state index in [1.165, 1.54) is 5.56 Å². The molecule has 0 aliphatic carbocycles. The van der Waals surface area contributed by atoms with Crippen molar-refractivity contribution in [1.82, 2.24) is 15.0 Å². The molecule has 5 nitrogen and oxygen atoms in total. The normalized spacial score (nSPS) is 10.3. The van der Waals surface area contributed by atoms with E-state index in [1.807, 2.05) is 43.3 Å². The fourth-order valence-corrected chi connectivity index (χ4v) is 2.41. The number of benzene rings is 2. The maximum atomic E-state index is 9.36. The van der Waals surface area contributed by atoms with Crippen LogP contribution in [0.5, 0.6) is 5.75 Å². The van der Waals surface area contributed by atoms with Crippen LogP contribution >= 0.6 is 0 Å². The lowest BCUT2D eigenvalue weighted by Gasteiger charge is -2.09. The van der Waals surface area contributed by atoms with Gasteiger partial charge in [0.1, 0.15) is 17.5 Å². The molecule has 0 aliphatic heterocycles. The van der Waals surface area contributed by atoms with Crippen LogP contribution in [0.1, 0.15) is 16.8 Å². The van der Waals surface area contributed by atoms with Gasteiger partial charge >= 0.3 is 0 Å². The van der Waals surface area contributed by atoms with Crippen molar-refractivity contribution in [3.63, 3.8) is 0 Å². The number of methoxy groups -OCH3 is 1. The van der Waals surface area contributed by atoms with Crippen LogP contribution in [-0.2, 0) is 0 Å². The lowest BCUT2D eigenvalue weighted by Crippen LogP contribution is -2.00. The monoisotopic (exact) mass is 304 g/mol. The topological polar surface area (TPSA) is 63.7 Å². The number of nitrogens with zero attached hydrogens (tertiary/aromatic N) is 4. The summed E-state index contributed by atoms with van der Waals surface area (Å²) in [7, 11) is 1.62. The Labute approximate surface area is 134 Å². The number of rotatable bonds is 3. The largest absolute Gasteiger partial charge is 0.497 e. The van der Waals surface area contributed by atoms with Crippen molar-refractivity contribution >= 4 is 0 Å². The summed E-state index contributed by atoms with van der Waals surface area (Å²) < 4.78 is 6.86. The molecule has 0 radical (unpaired) electrons. The molecule has 5 heteroatoms. The fraction of sp³-hybridized carbons (Fsp3) is 0.167. The standard InChI is InChI=1S/C18H16N4O/c1-12-4-5-14(10-13(12)2)18-17(11-19)20-21-22(18)15-6-8-16(23-3)9-7-15/h4-10H,1-3H3. The predicted molar refractivity (Wildman–Crippen MR) is 87.5 cm³/mol. The Hall–Kier alpha value is -3.13. The second-order valence-corrected chi connectivity index (χ2v) is 5.31. The average molecular weight is 304 g/mol. The van der Waals surface area contributed by atoms with Crippen molar-refractivity contribution in [2.75, 3.05) is 7.11 Å². The second-order valence-electron chi connectivity index (χ2n) is 5.31. The van der Waals surface area contributed by atoms with Gasteiger partial charge in [0.05, 0.1) is 12.8 Å². The van der Waals surface area contributed by atoms with Gasteiger partial charge in [0, 0.05) is 5.56 Å².